The van der Waals surface area contributed by atoms with Gasteiger partial charge in [0, 0.05) is 50.6 Å². The summed E-state index contributed by atoms with van der Waals surface area (Å²) in [5, 5.41) is 3.23. The van der Waals surface area contributed by atoms with E-state index in [0.29, 0.717) is 18.6 Å². The molecule has 6 nitrogen and oxygen atoms in total. The molecule has 1 aliphatic carbocycles. The monoisotopic (exact) mass is 334 g/mol. The molecule has 0 radical (unpaired) electrons. The molecule has 0 spiro atoms. The molecule has 2 amide bonds. The first kappa shape index (κ1) is 17.3. The van der Waals surface area contributed by atoms with Gasteiger partial charge in [-0.2, -0.15) is 0 Å². The summed E-state index contributed by atoms with van der Waals surface area (Å²) >= 11 is 0. The normalized spacial score (nSPS) is 22.1. The number of rotatable bonds is 5. The SMILES string of the molecule is COCCn1c(C)cnc1C1CCN(C(=O)NC2CCCCC2)C1. The number of likely N-dealkylation sites (tertiary alicyclic amines) is 1. The number of imidazole rings is 1. The van der Waals surface area contributed by atoms with Crippen LogP contribution in [0.4, 0.5) is 4.79 Å². The number of aryl methyl sites for hydroxylation is 1. The second kappa shape index (κ2) is 8.01. The Bertz CT molecular complexity index is 551. The Morgan fingerprint density at radius 1 is 1.33 bits per heavy atom. The third-order valence-corrected chi connectivity index (χ3v) is 5.38. The first-order chi connectivity index (χ1) is 11.7. The maximum atomic E-state index is 12.5. The van der Waals surface area contributed by atoms with Crippen molar-refractivity contribution in [3.63, 3.8) is 0 Å². The van der Waals surface area contributed by atoms with Crippen molar-refractivity contribution < 1.29 is 9.53 Å². The lowest BCUT2D eigenvalue weighted by atomic mass is 9.96. The zero-order valence-corrected chi connectivity index (χ0v) is 15.0. The van der Waals surface area contributed by atoms with E-state index in [1.807, 2.05) is 11.1 Å². The summed E-state index contributed by atoms with van der Waals surface area (Å²) in [6.07, 6.45) is 8.96. The van der Waals surface area contributed by atoms with Gasteiger partial charge in [0.05, 0.1) is 6.61 Å². The van der Waals surface area contributed by atoms with Crippen molar-refractivity contribution in [3.8, 4) is 0 Å². The molecule has 2 heterocycles. The van der Waals surface area contributed by atoms with Crippen LogP contribution in [0.5, 0.6) is 0 Å². The van der Waals surface area contributed by atoms with Crippen molar-refractivity contribution in [2.45, 2.75) is 64.0 Å². The molecule has 1 N–H and O–H groups in total. The molecule has 1 saturated heterocycles. The number of methoxy groups -OCH3 is 1. The number of nitrogens with zero attached hydrogens (tertiary/aromatic N) is 3. The lowest BCUT2D eigenvalue weighted by Crippen LogP contribution is -2.44. The van der Waals surface area contributed by atoms with Crippen LogP contribution in [0.2, 0.25) is 0 Å². The van der Waals surface area contributed by atoms with Crippen molar-refractivity contribution in [3.05, 3.63) is 17.7 Å². The first-order valence-electron chi connectivity index (χ1n) is 9.25. The van der Waals surface area contributed by atoms with Gasteiger partial charge in [0.2, 0.25) is 0 Å². The average Bonchev–Trinajstić information content (AvgIpc) is 3.21. The van der Waals surface area contributed by atoms with E-state index in [0.717, 1.165) is 50.4 Å². The van der Waals surface area contributed by atoms with Crippen LogP contribution in [0, 0.1) is 6.92 Å². The van der Waals surface area contributed by atoms with E-state index >= 15 is 0 Å². The molecule has 24 heavy (non-hydrogen) atoms. The highest BCUT2D eigenvalue weighted by Gasteiger charge is 2.31. The zero-order chi connectivity index (χ0) is 16.9. The molecular weight excluding hydrogens is 304 g/mol. The van der Waals surface area contributed by atoms with Crippen molar-refractivity contribution in [2.75, 3.05) is 26.8 Å². The van der Waals surface area contributed by atoms with Gasteiger partial charge < -0.3 is 19.5 Å². The molecule has 3 rings (SSSR count). The van der Waals surface area contributed by atoms with Gasteiger partial charge in [0.1, 0.15) is 5.82 Å². The highest BCUT2D eigenvalue weighted by Crippen LogP contribution is 2.27. The fourth-order valence-corrected chi connectivity index (χ4v) is 3.95. The molecule has 6 heteroatoms. The molecule has 2 fully saturated rings. The lowest BCUT2D eigenvalue weighted by molar-refractivity contribution is 0.185. The fourth-order valence-electron chi connectivity index (χ4n) is 3.95. The van der Waals surface area contributed by atoms with Gasteiger partial charge in [-0.1, -0.05) is 19.3 Å². The van der Waals surface area contributed by atoms with Crippen LogP contribution in [-0.2, 0) is 11.3 Å². The summed E-state index contributed by atoms with van der Waals surface area (Å²) in [6.45, 7) is 5.17. The van der Waals surface area contributed by atoms with Gasteiger partial charge >= 0.3 is 6.03 Å². The number of aromatic nitrogens is 2. The molecule has 134 valence electrons. The quantitative estimate of drug-likeness (QED) is 0.900. The smallest absolute Gasteiger partial charge is 0.317 e. The number of hydrogen-bond acceptors (Lipinski definition) is 3. The molecule has 1 aromatic heterocycles. The second-order valence-electron chi connectivity index (χ2n) is 7.12. The largest absolute Gasteiger partial charge is 0.383 e. The van der Waals surface area contributed by atoms with Crippen LogP contribution in [0.3, 0.4) is 0 Å². The Morgan fingerprint density at radius 3 is 2.88 bits per heavy atom. The van der Waals surface area contributed by atoms with Crippen LogP contribution in [0.25, 0.3) is 0 Å². The molecule has 1 aliphatic heterocycles. The van der Waals surface area contributed by atoms with Crippen molar-refractivity contribution in [1.82, 2.24) is 19.8 Å². The zero-order valence-electron chi connectivity index (χ0n) is 15.0. The van der Waals surface area contributed by atoms with Crippen molar-refractivity contribution in [1.29, 1.82) is 0 Å². The molecule has 1 atom stereocenters. The van der Waals surface area contributed by atoms with Crippen LogP contribution in [0.1, 0.15) is 56.0 Å². The van der Waals surface area contributed by atoms with E-state index in [2.05, 4.69) is 21.8 Å². The molecule has 1 aromatic rings. The Morgan fingerprint density at radius 2 is 2.12 bits per heavy atom. The van der Waals surface area contributed by atoms with Crippen LogP contribution >= 0.6 is 0 Å². The van der Waals surface area contributed by atoms with Gasteiger partial charge in [0.15, 0.2) is 0 Å². The first-order valence-corrected chi connectivity index (χ1v) is 9.25. The van der Waals surface area contributed by atoms with Gasteiger partial charge in [0.25, 0.3) is 0 Å². The maximum Gasteiger partial charge on any atom is 0.317 e. The molecule has 1 unspecified atom stereocenters. The highest BCUT2D eigenvalue weighted by molar-refractivity contribution is 5.75. The van der Waals surface area contributed by atoms with Crippen molar-refractivity contribution >= 4 is 6.03 Å². The van der Waals surface area contributed by atoms with E-state index in [9.17, 15) is 4.79 Å². The molecule has 1 saturated carbocycles. The number of ether oxygens (including phenoxy) is 1. The topological polar surface area (TPSA) is 59.4 Å². The Labute approximate surface area is 144 Å². The van der Waals surface area contributed by atoms with Crippen molar-refractivity contribution in [2.24, 2.45) is 0 Å². The summed E-state index contributed by atoms with van der Waals surface area (Å²) in [5.74, 6) is 1.42. The number of carbonyl (C=O) groups excluding carboxylic acids is 1. The molecule has 2 aliphatic rings. The van der Waals surface area contributed by atoms with E-state index in [1.54, 1.807) is 7.11 Å². The summed E-state index contributed by atoms with van der Waals surface area (Å²) in [5.41, 5.74) is 1.16. The minimum atomic E-state index is 0.108. The Balaban J connectivity index is 1.57. The average molecular weight is 334 g/mol. The van der Waals surface area contributed by atoms with Crippen LogP contribution in [0.15, 0.2) is 6.20 Å². The standard InChI is InChI=1S/C18H30N4O2/c1-14-12-19-17(22(14)10-11-24-2)15-8-9-21(13-15)18(23)20-16-6-4-3-5-7-16/h12,15-16H,3-11,13H2,1-2H3,(H,20,23). The van der Waals surface area contributed by atoms with E-state index in [1.165, 1.54) is 19.3 Å². The van der Waals surface area contributed by atoms with E-state index < -0.39 is 0 Å². The second-order valence-corrected chi connectivity index (χ2v) is 7.12. The predicted octanol–water partition coefficient (Wildman–Crippen LogP) is 2.67. The van der Waals surface area contributed by atoms with Gasteiger partial charge in [-0.15, -0.1) is 0 Å². The van der Waals surface area contributed by atoms with Crippen LogP contribution in [-0.4, -0.2) is 53.3 Å². The minimum absolute atomic E-state index is 0.108. The maximum absolute atomic E-state index is 12.5. The van der Waals surface area contributed by atoms with E-state index in [-0.39, 0.29) is 6.03 Å². The third-order valence-electron chi connectivity index (χ3n) is 5.38. The molecule has 0 bridgehead atoms. The van der Waals surface area contributed by atoms with Crippen LogP contribution < -0.4 is 5.32 Å². The summed E-state index contributed by atoms with van der Waals surface area (Å²) in [6, 6.07) is 0.479. The summed E-state index contributed by atoms with van der Waals surface area (Å²) in [7, 11) is 1.72. The fraction of sp³-hybridized carbons (Fsp3) is 0.778. The van der Waals surface area contributed by atoms with Gasteiger partial charge in [-0.3, -0.25) is 0 Å². The number of nitrogens with one attached hydrogen (secondary N) is 1. The Hall–Kier alpha value is -1.56. The molecular formula is C18H30N4O2. The Kier molecular flexibility index (Phi) is 5.76. The molecule has 0 aromatic carbocycles. The minimum Gasteiger partial charge on any atom is -0.383 e. The predicted molar refractivity (Wildman–Crippen MR) is 93.2 cm³/mol. The van der Waals surface area contributed by atoms with Gasteiger partial charge in [-0.25, -0.2) is 9.78 Å². The number of hydrogen-bond donors (Lipinski definition) is 1. The summed E-state index contributed by atoms with van der Waals surface area (Å²) in [4.78, 5) is 19.1. The van der Waals surface area contributed by atoms with Gasteiger partial charge in [-0.05, 0) is 26.2 Å². The number of carbonyl (C=O) groups is 1. The van der Waals surface area contributed by atoms with E-state index in [4.69, 9.17) is 4.74 Å². The number of urea groups is 1. The third kappa shape index (κ3) is 3.91. The summed E-state index contributed by atoms with van der Waals surface area (Å²) < 4.78 is 7.44. The number of amides is 2. The lowest BCUT2D eigenvalue weighted by Gasteiger charge is -2.26. The highest BCUT2D eigenvalue weighted by atomic mass is 16.5.